The lowest BCUT2D eigenvalue weighted by Gasteiger charge is -2.45. The number of hydrogen-bond donors (Lipinski definition) is 0. The molecular weight excluding hydrogens is 316 g/mol. The average Bonchev–Trinajstić information content (AvgIpc) is 2.75. The van der Waals surface area contributed by atoms with Crippen molar-refractivity contribution in [1.82, 2.24) is 18.8 Å². The van der Waals surface area contributed by atoms with E-state index < -0.39 is 16.1 Å². The van der Waals surface area contributed by atoms with Crippen molar-refractivity contribution in [3.8, 4) is 0 Å². The van der Waals surface area contributed by atoms with Gasteiger partial charge in [-0.3, -0.25) is 4.79 Å². The maximum absolute atomic E-state index is 12.8. The molecule has 3 unspecified atom stereocenters. The Morgan fingerprint density at radius 1 is 1.19 bits per heavy atom. The van der Waals surface area contributed by atoms with E-state index >= 15 is 0 Å². The third-order valence-corrected chi connectivity index (χ3v) is 6.70. The predicted molar refractivity (Wildman–Crippen MR) is 78.4 cm³/mol. The molecule has 1 fully saturated rings. The molecule has 0 N–H and O–H groups in total. The molecule has 3 atom stereocenters. The highest BCUT2D eigenvalue weighted by atomic mass is 35.5. The summed E-state index contributed by atoms with van der Waals surface area (Å²) in [5.74, 6) is -0.240. The Balaban J connectivity index is 2.53. The lowest BCUT2D eigenvalue weighted by atomic mass is 10.0. The third kappa shape index (κ3) is 2.35. The summed E-state index contributed by atoms with van der Waals surface area (Å²) in [7, 11) is -0.649. The molecule has 1 saturated heterocycles. The summed E-state index contributed by atoms with van der Waals surface area (Å²) in [6.45, 7) is 5.17. The number of nitrogens with zero attached hydrogens (tertiary/aromatic N) is 4. The number of hydrogen-bond acceptors (Lipinski definition) is 4. The summed E-state index contributed by atoms with van der Waals surface area (Å²) in [5.41, 5.74) is 0. The number of piperazine rings is 1. The van der Waals surface area contributed by atoms with Crippen molar-refractivity contribution in [2.45, 2.75) is 43.9 Å². The van der Waals surface area contributed by atoms with Gasteiger partial charge in [0.25, 0.3) is 10.0 Å². The number of imidazole rings is 1. The molecule has 9 heteroatoms. The summed E-state index contributed by atoms with van der Waals surface area (Å²) in [6, 6.07) is -1.39. The fourth-order valence-electron chi connectivity index (χ4n) is 2.59. The minimum absolute atomic E-state index is 0.0356. The molecule has 7 nitrogen and oxygen atoms in total. The first-order valence-electron chi connectivity index (χ1n) is 6.57. The first kappa shape index (κ1) is 16.3. The Morgan fingerprint density at radius 2 is 1.76 bits per heavy atom. The van der Waals surface area contributed by atoms with Crippen molar-refractivity contribution in [3.05, 3.63) is 11.5 Å². The molecular formula is C12H19ClN4O3S. The summed E-state index contributed by atoms with van der Waals surface area (Å²) in [5, 5.41) is -0.177. The normalized spacial score (nSPS) is 28.2. The van der Waals surface area contributed by atoms with Crippen molar-refractivity contribution >= 4 is 27.5 Å². The van der Waals surface area contributed by atoms with Crippen molar-refractivity contribution < 1.29 is 13.2 Å². The summed E-state index contributed by atoms with van der Waals surface area (Å²) >= 11 is 6.01. The Bertz CT molecular complexity index is 672. The largest absolute Gasteiger partial charge is 0.340 e. The zero-order valence-electron chi connectivity index (χ0n) is 12.6. The number of sulfonamides is 1. The van der Waals surface area contributed by atoms with Gasteiger partial charge in [0.15, 0.2) is 0 Å². The minimum Gasteiger partial charge on any atom is -0.340 e. The first-order valence-corrected chi connectivity index (χ1v) is 8.39. The van der Waals surface area contributed by atoms with E-state index in [1.165, 1.54) is 15.2 Å². The molecule has 1 aliphatic heterocycles. The molecule has 2 rings (SSSR count). The van der Waals surface area contributed by atoms with Gasteiger partial charge in [0.05, 0.1) is 6.33 Å². The van der Waals surface area contributed by atoms with Gasteiger partial charge in [-0.2, -0.15) is 4.31 Å². The second-order valence-corrected chi connectivity index (χ2v) is 7.51. The molecule has 21 heavy (non-hydrogen) atoms. The monoisotopic (exact) mass is 334 g/mol. The summed E-state index contributed by atoms with van der Waals surface area (Å²) < 4.78 is 28.3. The van der Waals surface area contributed by atoms with Gasteiger partial charge >= 0.3 is 0 Å². The second-order valence-electron chi connectivity index (χ2n) is 5.39. The van der Waals surface area contributed by atoms with Gasteiger partial charge in [-0.1, -0.05) is 11.6 Å². The van der Waals surface area contributed by atoms with Gasteiger partial charge in [-0.05, 0) is 20.8 Å². The molecule has 0 aliphatic carbocycles. The lowest BCUT2D eigenvalue weighted by molar-refractivity contribution is -0.141. The number of rotatable bonds is 2. The number of carbonyl (C=O) groups excluding carboxylic acids is 1. The predicted octanol–water partition coefficient (Wildman–Crippen LogP) is 0.702. The molecule has 0 bridgehead atoms. The van der Waals surface area contributed by atoms with Gasteiger partial charge in [0, 0.05) is 26.2 Å². The van der Waals surface area contributed by atoms with Crippen LogP contribution in [-0.2, 0) is 21.9 Å². The number of aryl methyl sites for hydroxylation is 1. The smallest absolute Gasteiger partial charge is 0.264 e. The SMILES string of the molecule is CC1C(C)N(S(=O)(=O)c2ncn(C)c2Cl)C(C)C(=O)N1C. The minimum atomic E-state index is -3.94. The zero-order chi connectivity index (χ0) is 16.1. The van der Waals surface area contributed by atoms with Gasteiger partial charge in [0.1, 0.15) is 11.2 Å². The number of amides is 1. The van der Waals surface area contributed by atoms with Gasteiger partial charge in [0.2, 0.25) is 10.9 Å². The topological polar surface area (TPSA) is 75.5 Å². The van der Waals surface area contributed by atoms with Crippen LogP contribution in [0, 0.1) is 0 Å². The lowest BCUT2D eigenvalue weighted by Crippen LogP contribution is -2.64. The quantitative estimate of drug-likeness (QED) is 0.798. The Hall–Kier alpha value is -1.12. The van der Waals surface area contributed by atoms with Crippen molar-refractivity contribution in [2.75, 3.05) is 7.05 Å². The molecule has 1 aliphatic rings. The Morgan fingerprint density at radius 3 is 2.24 bits per heavy atom. The fourth-order valence-corrected chi connectivity index (χ4v) is 4.83. The molecule has 118 valence electrons. The van der Waals surface area contributed by atoms with Gasteiger partial charge in [-0.25, -0.2) is 13.4 Å². The second kappa shape index (κ2) is 5.26. The molecule has 0 saturated carbocycles. The molecule has 0 radical (unpaired) electrons. The van der Waals surface area contributed by atoms with Crippen LogP contribution < -0.4 is 0 Å². The van der Waals surface area contributed by atoms with E-state index in [-0.39, 0.29) is 28.2 Å². The van der Waals surface area contributed by atoms with E-state index in [4.69, 9.17) is 11.6 Å². The van der Waals surface area contributed by atoms with Crippen molar-refractivity contribution in [3.63, 3.8) is 0 Å². The van der Waals surface area contributed by atoms with Crippen LogP contribution in [0.25, 0.3) is 0 Å². The Kier molecular flexibility index (Phi) is 4.07. The highest BCUT2D eigenvalue weighted by molar-refractivity contribution is 7.89. The standard InChI is InChI=1S/C12H19ClN4O3S/c1-7-8(2)17(9(3)12(18)16(7)5)21(19,20)11-10(13)15(4)6-14-11/h6-9H,1-5H3. The van der Waals surface area contributed by atoms with Crippen LogP contribution in [-0.4, -0.2) is 58.3 Å². The van der Waals surface area contributed by atoms with Crippen LogP contribution in [0.3, 0.4) is 0 Å². The molecule has 1 amide bonds. The van der Waals surface area contributed by atoms with Crippen LogP contribution in [0.1, 0.15) is 20.8 Å². The molecule has 1 aromatic rings. The van der Waals surface area contributed by atoms with Gasteiger partial charge in [-0.15, -0.1) is 0 Å². The Labute approximate surface area is 129 Å². The van der Waals surface area contributed by atoms with E-state index in [2.05, 4.69) is 4.98 Å². The summed E-state index contributed by atoms with van der Waals surface area (Å²) in [6.07, 6.45) is 1.34. The van der Waals surface area contributed by atoms with Crippen LogP contribution >= 0.6 is 11.6 Å². The maximum Gasteiger partial charge on any atom is 0.264 e. The van der Waals surface area contributed by atoms with Crippen molar-refractivity contribution in [2.24, 2.45) is 7.05 Å². The first-order chi connectivity index (χ1) is 9.60. The van der Waals surface area contributed by atoms with E-state index in [9.17, 15) is 13.2 Å². The van der Waals surface area contributed by atoms with Crippen LogP contribution in [0.4, 0.5) is 0 Å². The molecule has 1 aromatic heterocycles. The fraction of sp³-hybridized carbons (Fsp3) is 0.667. The highest BCUT2D eigenvalue weighted by Crippen LogP contribution is 2.30. The van der Waals surface area contributed by atoms with Crippen LogP contribution in [0.5, 0.6) is 0 Å². The number of halogens is 1. The van der Waals surface area contributed by atoms with E-state index in [1.807, 2.05) is 6.92 Å². The van der Waals surface area contributed by atoms with Gasteiger partial charge < -0.3 is 9.47 Å². The molecule has 0 spiro atoms. The highest BCUT2D eigenvalue weighted by Gasteiger charge is 2.47. The van der Waals surface area contributed by atoms with Crippen LogP contribution in [0.15, 0.2) is 11.4 Å². The number of carbonyl (C=O) groups is 1. The van der Waals surface area contributed by atoms with E-state index in [0.717, 1.165) is 0 Å². The maximum atomic E-state index is 12.8. The van der Waals surface area contributed by atoms with E-state index in [1.54, 1.807) is 32.8 Å². The van der Waals surface area contributed by atoms with E-state index in [0.29, 0.717) is 0 Å². The molecule has 0 aromatic carbocycles. The third-order valence-electron chi connectivity index (χ3n) is 4.15. The van der Waals surface area contributed by atoms with Crippen LogP contribution in [0.2, 0.25) is 5.15 Å². The number of aromatic nitrogens is 2. The zero-order valence-corrected chi connectivity index (χ0v) is 14.2. The summed E-state index contributed by atoms with van der Waals surface area (Å²) in [4.78, 5) is 17.7. The van der Waals surface area contributed by atoms with Crippen molar-refractivity contribution in [1.29, 1.82) is 0 Å². The average molecular weight is 335 g/mol. The number of likely N-dealkylation sites (N-methyl/N-ethyl adjacent to an activating group) is 1. The molecule has 2 heterocycles.